The molecule has 0 rings (SSSR count). The third-order valence-electron chi connectivity index (χ3n) is 1.72. The first kappa shape index (κ1) is 11.0. The molecule has 0 radical (unpaired) electrons. The van der Waals surface area contributed by atoms with Crippen molar-refractivity contribution in [2.24, 2.45) is 0 Å². The summed E-state index contributed by atoms with van der Waals surface area (Å²) in [5, 5.41) is 0. The van der Waals surface area contributed by atoms with Gasteiger partial charge in [0.15, 0.2) is 7.38 Å². The molecule has 0 aromatic carbocycles. The second-order valence-electron chi connectivity index (χ2n) is 2.89. The Kier molecular flexibility index (Phi) is 5.61. The summed E-state index contributed by atoms with van der Waals surface area (Å²) in [7, 11) is -1.51. The Labute approximate surface area is 75.7 Å². The molecule has 0 unspecified atom stereocenters. The van der Waals surface area contributed by atoms with Crippen molar-refractivity contribution in [1.29, 1.82) is 0 Å². The first-order valence-corrected chi connectivity index (χ1v) is 7.72. The van der Waals surface area contributed by atoms with Gasteiger partial charge in [0.1, 0.15) is 0 Å². The zero-order valence-electron chi connectivity index (χ0n) is 7.28. The van der Waals surface area contributed by atoms with Crippen LogP contribution < -0.4 is 0 Å². The van der Waals surface area contributed by atoms with Gasteiger partial charge in [-0.25, -0.2) is 0 Å². The van der Waals surface area contributed by atoms with E-state index < -0.39 is 7.38 Å². The maximum absolute atomic E-state index is 6.44. The van der Waals surface area contributed by atoms with Crippen LogP contribution in [0.25, 0.3) is 0 Å². The molecule has 0 bridgehead atoms. The van der Waals surface area contributed by atoms with Crippen molar-refractivity contribution in [1.82, 2.24) is 0 Å². The second-order valence-corrected chi connectivity index (χ2v) is 8.91. The highest BCUT2D eigenvalue weighted by molar-refractivity contribution is 7.20. The molecular weight excluding hydrogens is 172 g/mol. The van der Waals surface area contributed by atoms with E-state index in [0.717, 1.165) is 12.1 Å². The van der Waals surface area contributed by atoms with Crippen LogP contribution in [0, 0.1) is 0 Å². The maximum Gasteiger partial charge on any atom is 0.163 e. The van der Waals surface area contributed by atoms with Crippen molar-refractivity contribution in [2.45, 2.75) is 31.5 Å². The number of allylic oxidation sites excluding steroid dienone is 2. The van der Waals surface area contributed by atoms with E-state index in [9.17, 15) is 0 Å². The average Bonchev–Trinajstić information content (AvgIpc) is 1.88. The first-order valence-electron chi connectivity index (χ1n) is 4.09. The van der Waals surface area contributed by atoms with Gasteiger partial charge >= 0.3 is 0 Å². The van der Waals surface area contributed by atoms with Crippen LogP contribution in [0.4, 0.5) is 0 Å². The summed E-state index contributed by atoms with van der Waals surface area (Å²) in [6.45, 7) is 9.63. The maximum atomic E-state index is 6.44. The summed E-state index contributed by atoms with van der Waals surface area (Å²) in [5.41, 5.74) is 0. The molecule has 0 saturated heterocycles. The molecule has 0 fully saturated rings. The monoisotopic (exact) mass is 188 g/mol. The predicted octanol–water partition coefficient (Wildman–Crippen LogP) is 3.95. The second kappa shape index (κ2) is 5.61. The summed E-state index contributed by atoms with van der Waals surface area (Å²) in [4.78, 5) is 0. The Morgan fingerprint density at radius 3 is 2.00 bits per heavy atom. The quantitative estimate of drug-likeness (QED) is 0.337. The summed E-state index contributed by atoms with van der Waals surface area (Å²) >= 11 is 6.44. The fourth-order valence-corrected chi connectivity index (χ4v) is 4.98. The SMILES string of the molecule is C=CC[Si](Cl)(CC=C)CCC. The van der Waals surface area contributed by atoms with E-state index in [1.54, 1.807) is 0 Å². The molecule has 0 aromatic rings. The van der Waals surface area contributed by atoms with E-state index in [-0.39, 0.29) is 0 Å². The largest absolute Gasteiger partial charge is 0.166 e. The molecule has 0 saturated carbocycles. The minimum atomic E-state index is -1.51. The standard InChI is InChI=1S/C9H17ClSi/c1-4-7-11(10,8-5-2)9-6-3/h4-5H,1-2,6-9H2,3H3. The van der Waals surface area contributed by atoms with Gasteiger partial charge < -0.3 is 0 Å². The molecule has 0 aromatic heterocycles. The minimum absolute atomic E-state index is 1.01. The highest BCUT2D eigenvalue weighted by Crippen LogP contribution is 2.27. The number of rotatable bonds is 6. The van der Waals surface area contributed by atoms with Gasteiger partial charge in [-0.05, 0) is 18.1 Å². The highest BCUT2D eigenvalue weighted by atomic mass is 35.6. The third kappa shape index (κ3) is 4.43. The molecule has 0 aliphatic heterocycles. The van der Waals surface area contributed by atoms with Gasteiger partial charge in [0.05, 0.1) is 0 Å². The van der Waals surface area contributed by atoms with Gasteiger partial charge in [0.2, 0.25) is 0 Å². The lowest BCUT2D eigenvalue weighted by molar-refractivity contribution is 1.05. The first-order chi connectivity index (χ1) is 5.18. The summed E-state index contributed by atoms with van der Waals surface area (Å²) < 4.78 is 0. The fraction of sp³-hybridized carbons (Fsp3) is 0.556. The molecule has 2 heteroatoms. The molecule has 0 N–H and O–H groups in total. The van der Waals surface area contributed by atoms with Gasteiger partial charge in [-0.2, -0.15) is 11.1 Å². The Morgan fingerprint density at radius 1 is 1.27 bits per heavy atom. The normalized spacial score (nSPS) is 11.1. The van der Waals surface area contributed by atoms with Gasteiger partial charge in [-0.3, -0.25) is 0 Å². The summed E-state index contributed by atoms with van der Waals surface area (Å²) in [6, 6.07) is 3.19. The van der Waals surface area contributed by atoms with E-state index >= 15 is 0 Å². The van der Waals surface area contributed by atoms with Crippen LogP contribution in [-0.2, 0) is 0 Å². The Morgan fingerprint density at radius 2 is 1.73 bits per heavy atom. The molecule has 0 aliphatic carbocycles. The smallest absolute Gasteiger partial charge is 0.163 e. The van der Waals surface area contributed by atoms with E-state index in [4.69, 9.17) is 11.1 Å². The third-order valence-corrected chi connectivity index (χ3v) is 6.65. The predicted molar refractivity (Wildman–Crippen MR) is 56.7 cm³/mol. The lowest BCUT2D eigenvalue weighted by Gasteiger charge is -2.19. The zero-order valence-corrected chi connectivity index (χ0v) is 9.03. The molecule has 0 amide bonds. The number of hydrogen-bond donors (Lipinski definition) is 0. The number of halogens is 1. The van der Waals surface area contributed by atoms with Crippen molar-refractivity contribution in [2.75, 3.05) is 0 Å². The van der Waals surface area contributed by atoms with Crippen LogP contribution in [0.1, 0.15) is 13.3 Å². The van der Waals surface area contributed by atoms with Crippen LogP contribution >= 0.6 is 11.1 Å². The number of hydrogen-bond acceptors (Lipinski definition) is 0. The lowest BCUT2D eigenvalue weighted by Crippen LogP contribution is -2.24. The summed E-state index contributed by atoms with van der Waals surface area (Å²) in [5.74, 6) is 0. The van der Waals surface area contributed by atoms with Crippen LogP contribution in [0.2, 0.25) is 18.1 Å². The highest BCUT2D eigenvalue weighted by Gasteiger charge is 2.26. The van der Waals surface area contributed by atoms with Crippen LogP contribution in [0.15, 0.2) is 25.3 Å². The van der Waals surface area contributed by atoms with Crippen LogP contribution in [0.3, 0.4) is 0 Å². The minimum Gasteiger partial charge on any atom is -0.166 e. The molecule has 0 heterocycles. The summed E-state index contributed by atoms with van der Waals surface area (Å²) in [6.07, 6.45) is 5.06. The molecule has 11 heavy (non-hydrogen) atoms. The van der Waals surface area contributed by atoms with Crippen molar-refractivity contribution >= 4 is 18.5 Å². The van der Waals surface area contributed by atoms with E-state index in [1.165, 1.54) is 12.5 Å². The van der Waals surface area contributed by atoms with E-state index in [0.29, 0.717) is 0 Å². The molecule has 0 spiro atoms. The molecule has 64 valence electrons. The van der Waals surface area contributed by atoms with Crippen molar-refractivity contribution in [3.05, 3.63) is 25.3 Å². The molecule has 0 nitrogen and oxygen atoms in total. The molecule has 0 atom stereocenters. The van der Waals surface area contributed by atoms with E-state index in [2.05, 4.69) is 20.1 Å². The van der Waals surface area contributed by atoms with Gasteiger partial charge in [-0.1, -0.05) is 25.5 Å². The van der Waals surface area contributed by atoms with Crippen LogP contribution in [0.5, 0.6) is 0 Å². The lowest BCUT2D eigenvalue weighted by atomic mass is 10.6. The average molecular weight is 189 g/mol. The Balaban J connectivity index is 3.98. The van der Waals surface area contributed by atoms with Gasteiger partial charge in [0.25, 0.3) is 0 Å². The van der Waals surface area contributed by atoms with Crippen LogP contribution in [-0.4, -0.2) is 7.38 Å². The molecular formula is C9H17ClSi. The Hall–Kier alpha value is -0.0131. The van der Waals surface area contributed by atoms with Crippen molar-refractivity contribution in [3.8, 4) is 0 Å². The zero-order chi connectivity index (χ0) is 8.74. The Bertz CT molecular complexity index is 122. The van der Waals surface area contributed by atoms with Gasteiger partial charge in [-0.15, -0.1) is 13.2 Å². The molecule has 0 aliphatic rings. The topological polar surface area (TPSA) is 0 Å². The fourth-order valence-electron chi connectivity index (χ4n) is 1.25. The van der Waals surface area contributed by atoms with Crippen molar-refractivity contribution < 1.29 is 0 Å². The van der Waals surface area contributed by atoms with E-state index in [1.807, 2.05) is 12.2 Å². The van der Waals surface area contributed by atoms with Gasteiger partial charge in [0, 0.05) is 0 Å². The van der Waals surface area contributed by atoms with Crippen molar-refractivity contribution in [3.63, 3.8) is 0 Å².